The van der Waals surface area contributed by atoms with Crippen molar-refractivity contribution in [2.75, 3.05) is 13.2 Å². The molecule has 0 aromatic carbocycles. The number of rotatable bonds is 57. The van der Waals surface area contributed by atoms with Gasteiger partial charge in [0.2, 0.25) is 0 Å². The monoisotopic (exact) mass is 1020 g/mol. The molecule has 0 fully saturated rings. The molecule has 0 heterocycles. The fourth-order valence-electron chi connectivity index (χ4n) is 8.93. The Bertz CT molecular complexity index is 1360. The van der Waals surface area contributed by atoms with E-state index >= 15 is 0 Å². The molecular weight excluding hydrogens is 901 g/mol. The quantitative estimate of drug-likeness (QED) is 0.0261. The van der Waals surface area contributed by atoms with Crippen molar-refractivity contribution in [3.8, 4) is 0 Å². The van der Waals surface area contributed by atoms with E-state index in [0.717, 1.165) is 109 Å². The fourth-order valence-corrected chi connectivity index (χ4v) is 8.93. The molecule has 0 rings (SSSR count). The Morgan fingerprint density at radius 2 is 0.493 bits per heavy atom. The number of allylic oxidation sites excluding steroid dienone is 12. The highest BCUT2D eigenvalue weighted by Crippen LogP contribution is 2.17. The molecule has 0 saturated heterocycles. The zero-order valence-corrected chi connectivity index (χ0v) is 48.4. The molecule has 73 heavy (non-hydrogen) atoms. The molecule has 0 amide bonds. The SMILES string of the molecule is CCCCC/C=C\C/C=C\C/C=C\C/C=C\CCCCCC(=O)O[C@H](COC(=O)CCCCCCC/C=C\C/C=C\CCCCC)COC(=O)CCCCCCCCCCCCCCCCCCCCCCC. The lowest BCUT2D eigenvalue weighted by Crippen LogP contribution is -2.30. The highest BCUT2D eigenvalue weighted by Gasteiger charge is 2.19. The molecular formula is C67H118O6. The number of hydrogen-bond donors (Lipinski definition) is 0. The van der Waals surface area contributed by atoms with Crippen LogP contribution in [0, 0.1) is 0 Å². The number of carbonyl (C=O) groups is 3. The summed E-state index contributed by atoms with van der Waals surface area (Å²) in [5, 5.41) is 0. The minimum absolute atomic E-state index is 0.0904. The van der Waals surface area contributed by atoms with Crippen molar-refractivity contribution < 1.29 is 28.6 Å². The lowest BCUT2D eigenvalue weighted by molar-refractivity contribution is -0.167. The fraction of sp³-hybridized carbons (Fsp3) is 0.776. The number of unbranched alkanes of at least 4 members (excludes halogenated alkanes) is 34. The minimum Gasteiger partial charge on any atom is -0.462 e. The predicted molar refractivity (Wildman–Crippen MR) is 316 cm³/mol. The maximum absolute atomic E-state index is 12.9. The van der Waals surface area contributed by atoms with Gasteiger partial charge < -0.3 is 14.2 Å². The summed E-state index contributed by atoms with van der Waals surface area (Å²) >= 11 is 0. The van der Waals surface area contributed by atoms with E-state index in [4.69, 9.17) is 14.2 Å². The van der Waals surface area contributed by atoms with Gasteiger partial charge in [0.1, 0.15) is 13.2 Å². The van der Waals surface area contributed by atoms with Gasteiger partial charge in [-0.3, -0.25) is 14.4 Å². The molecule has 0 aliphatic heterocycles. The van der Waals surface area contributed by atoms with Crippen LogP contribution in [0.5, 0.6) is 0 Å². The van der Waals surface area contributed by atoms with E-state index in [1.165, 1.54) is 167 Å². The Labute approximate surface area is 453 Å². The molecule has 0 aliphatic rings. The molecule has 0 saturated carbocycles. The Morgan fingerprint density at radius 3 is 0.808 bits per heavy atom. The number of carbonyl (C=O) groups excluding carboxylic acids is 3. The second kappa shape index (κ2) is 61.4. The molecule has 422 valence electrons. The highest BCUT2D eigenvalue weighted by molar-refractivity contribution is 5.71. The van der Waals surface area contributed by atoms with Gasteiger partial charge in [-0.2, -0.15) is 0 Å². The van der Waals surface area contributed by atoms with Crippen molar-refractivity contribution in [3.05, 3.63) is 72.9 Å². The summed E-state index contributed by atoms with van der Waals surface area (Å²) in [7, 11) is 0. The van der Waals surface area contributed by atoms with Crippen molar-refractivity contribution in [1.82, 2.24) is 0 Å². The third kappa shape index (κ3) is 59.6. The lowest BCUT2D eigenvalue weighted by atomic mass is 10.0. The van der Waals surface area contributed by atoms with Gasteiger partial charge in [-0.1, -0.05) is 273 Å². The number of ether oxygens (including phenoxy) is 3. The summed E-state index contributed by atoms with van der Waals surface area (Å²) in [4.78, 5) is 38.3. The number of hydrogen-bond acceptors (Lipinski definition) is 6. The first kappa shape index (κ1) is 69.8. The standard InChI is InChI=1S/C67H118O6/c1-4-7-10-13-16-19-22-25-28-30-32-33-35-36-39-42-45-48-51-54-57-60-66(69)72-63-64(62-71-65(68)59-56-53-50-47-44-41-38-27-24-21-18-15-12-9-6-3)73-67(70)61-58-55-52-49-46-43-40-37-34-31-29-26-23-20-17-14-11-8-5-2/h17-18,20-21,26-27,29,34,37-38,43,46,64H,4-16,19,22-25,28,30-33,35-36,39-42,44-45,47-63H2,1-3H3/b20-17-,21-18-,29-26-,37-34-,38-27-,46-43-/t64-/m1/s1. The van der Waals surface area contributed by atoms with Crippen LogP contribution in [0.1, 0.15) is 316 Å². The second-order valence-corrected chi connectivity index (χ2v) is 21.0. The molecule has 6 nitrogen and oxygen atoms in total. The largest absolute Gasteiger partial charge is 0.462 e. The van der Waals surface area contributed by atoms with Crippen LogP contribution >= 0.6 is 0 Å². The van der Waals surface area contributed by atoms with Crippen LogP contribution in [0.4, 0.5) is 0 Å². The maximum Gasteiger partial charge on any atom is 0.306 e. The van der Waals surface area contributed by atoms with Crippen LogP contribution in [-0.4, -0.2) is 37.2 Å². The van der Waals surface area contributed by atoms with Crippen molar-refractivity contribution in [3.63, 3.8) is 0 Å². The second-order valence-electron chi connectivity index (χ2n) is 21.0. The summed E-state index contributed by atoms with van der Waals surface area (Å²) in [6.07, 6.45) is 79.0. The van der Waals surface area contributed by atoms with Gasteiger partial charge in [0, 0.05) is 19.3 Å². The van der Waals surface area contributed by atoms with Crippen LogP contribution < -0.4 is 0 Å². The Kier molecular flexibility index (Phi) is 58.7. The highest BCUT2D eigenvalue weighted by atomic mass is 16.6. The maximum atomic E-state index is 12.9. The molecule has 0 aromatic heterocycles. The summed E-state index contributed by atoms with van der Waals surface area (Å²) in [5.74, 6) is -0.922. The molecule has 1 atom stereocenters. The van der Waals surface area contributed by atoms with E-state index in [1.807, 2.05) is 0 Å². The zero-order chi connectivity index (χ0) is 52.9. The van der Waals surface area contributed by atoms with Crippen LogP contribution in [0.15, 0.2) is 72.9 Å². The van der Waals surface area contributed by atoms with E-state index in [1.54, 1.807) is 0 Å². The predicted octanol–water partition coefficient (Wildman–Crippen LogP) is 21.3. The normalized spacial score (nSPS) is 12.5. The number of esters is 3. The minimum atomic E-state index is -0.798. The molecule has 0 N–H and O–H groups in total. The van der Waals surface area contributed by atoms with Crippen LogP contribution in [0.25, 0.3) is 0 Å². The zero-order valence-electron chi connectivity index (χ0n) is 48.4. The first-order valence-corrected chi connectivity index (χ1v) is 31.4. The van der Waals surface area contributed by atoms with Crippen LogP contribution in [0.2, 0.25) is 0 Å². The molecule has 0 unspecified atom stereocenters. The van der Waals surface area contributed by atoms with Gasteiger partial charge in [-0.25, -0.2) is 0 Å². The molecule has 0 aromatic rings. The van der Waals surface area contributed by atoms with E-state index < -0.39 is 6.10 Å². The molecule has 0 bridgehead atoms. The smallest absolute Gasteiger partial charge is 0.306 e. The molecule has 0 aliphatic carbocycles. The van der Waals surface area contributed by atoms with Gasteiger partial charge in [0.25, 0.3) is 0 Å². The summed E-state index contributed by atoms with van der Waals surface area (Å²) in [5.41, 5.74) is 0. The van der Waals surface area contributed by atoms with Crippen molar-refractivity contribution >= 4 is 17.9 Å². The van der Waals surface area contributed by atoms with Gasteiger partial charge in [-0.05, 0) is 96.3 Å². The lowest BCUT2D eigenvalue weighted by Gasteiger charge is -2.18. The molecule has 0 radical (unpaired) electrons. The Balaban J connectivity index is 4.40. The average molecular weight is 1020 g/mol. The molecule has 6 heteroatoms. The summed E-state index contributed by atoms with van der Waals surface area (Å²) in [6, 6.07) is 0. The topological polar surface area (TPSA) is 78.9 Å². The van der Waals surface area contributed by atoms with Gasteiger partial charge in [0.05, 0.1) is 0 Å². The van der Waals surface area contributed by atoms with Gasteiger partial charge in [-0.15, -0.1) is 0 Å². The van der Waals surface area contributed by atoms with Crippen molar-refractivity contribution in [1.29, 1.82) is 0 Å². The van der Waals surface area contributed by atoms with Crippen LogP contribution in [-0.2, 0) is 28.6 Å². The van der Waals surface area contributed by atoms with Crippen molar-refractivity contribution in [2.45, 2.75) is 322 Å². The third-order valence-electron chi connectivity index (χ3n) is 13.7. The van der Waals surface area contributed by atoms with E-state index in [0.29, 0.717) is 19.3 Å². The first-order valence-electron chi connectivity index (χ1n) is 31.4. The van der Waals surface area contributed by atoms with Crippen molar-refractivity contribution in [2.24, 2.45) is 0 Å². The summed E-state index contributed by atoms with van der Waals surface area (Å²) in [6.45, 7) is 6.59. The summed E-state index contributed by atoms with van der Waals surface area (Å²) < 4.78 is 16.9. The van der Waals surface area contributed by atoms with E-state index in [-0.39, 0.29) is 31.1 Å². The molecule has 0 spiro atoms. The Hall–Kier alpha value is -3.15. The van der Waals surface area contributed by atoms with E-state index in [9.17, 15) is 14.4 Å². The first-order chi connectivity index (χ1) is 36.0. The van der Waals surface area contributed by atoms with Gasteiger partial charge in [0.15, 0.2) is 6.10 Å². The van der Waals surface area contributed by atoms with Crippen LogP contribution in [0.3, 0.4) is 0 Å². The van der Waals surface area contributed by atoms with Gasteiger partial charge >= 0.3 is 17.9 Å². The van der Waals surface area contributed by atoms with E-state index in [2.05, 4.69) is 93.7 Å². The Morgan fingerprint density at radius 1 is 0.274 bits per heavy atom. The average Bonchev–Trinajstić information content (AvgIpc) is 3.39. The third-order valence-corrected chi connectivity index (χ3v) is 13.7.